The van der Waals surface area contributed by atoms with Crippen molar-refractivity contribution in [1.29, 1.82) is 0 Å². The molecule has 3 N–H and O–H groups in total. The van der Waals surface area contributed by atoms with Gasteiger partial charge in [-0.05, 0) is 24.8 Å². The number of amides is 2. The zero-order chi connectivity index (χ0) is 17.5. The van der Waals surface area contributed by atoms with E-state index in [4.69, 9.17) is 0 Å². The van der Waals surface area contributed by atoms with E-state index in [0.29, 0.717) is 6.54 Å². The summed E-state index contributed by atoms with van der Waals surface area (Å²) in [6.07, 6.45) is 0.905. The predicted molar refractivity (Wildman–Crippen MR) is 97.1 cm³/mol. The van der Waals surface area contributed by atoms with Crippen LogP contribution in [0.3, 0.4) is 0 Å². The van der Waals surface area contributed by atoms with E-state index in [0.717, 1.165) is 27.8 Å². The molecule has 5 heteroatoms. The molecule has 0 aliphatic heterocycles. The molecule has 2 amide bonds. The van der Waals surface area contributed by atoms with Gasteiger partial charge in [0.2, 0.25) is 0 Å². The summed E-state index contributed by atoms with van der Waals surface area (Å²) >= 11 is 0. The van der Waals surface area contributed by atoms with Crippen molar-refractivity contribution in [3.63, 3.8) is 0 Å². The number of hydrogen-bond acceptors (Lipinski definition) is 2. The maximum Gasteiger partial charge on any atom is 0.282 e. The summed E-state index contributed by atoms with van der Waals surface area (Å²) in [6, 6.07) is 13.5. The van der Waals surface area contributed by atoms with Crippen LogP contribution in [0, 0.1) is 0 Å². The van der Waals surface area contributed by atoms with Crippen LogP contribution in [0.1, 0.15) is 20.3 Å². The lowest BCUT2D eigenvalue weighted by atomic mass is 10.1. The Morgan fingerprint density at radius 1 is 1.12 bits per heavy atom. The van der Waals surface area contributed by atoms with Gasteiger partial charge in [0.05, 0.1) is 7.05 Å². The zero-order valence-electron chi connectivity index (χ0n) is 14.6. The number of nitrogens with one attached hydrogen (secondary N) is 3. The molecule has 0 aliphatic rings. The predicted octanol–water partition coefficient (Wildman–Crippen LogP) is 1.21. The van der Waals surface area contributed by atoms with Crippen molar-refractivity contribution in [2.24, 2.45) is 0 Å². The number of benzene rings is 2. The number of hydrogen-bond donors (Lipinski definition) is 3. The molecule has 0 heterocycles. The summed E-state index contributed by atoms with van der Waals surface area (Å²) in [5, 5.41) is 7.93. The van der Waals surface area contributed by atoms with Gasteiger partial charge >= 0.3 is 0 Å². The molecule has 0 saturated heterocycles. The third-order valence-electron chi connectivity index (χ3n) is 4.19. The molecule has 2 aromatic carbocycles. The van der Waals surface area contributed by atoms with E-state index < -0.39 is 0 Å². The molecule has 2 atom stereocenters. The first kappa shape index (κ1) is 17.9. The molecule has 0 spiro atoms. The Labute approximate surface area is 143 Å². The van der Waals surface area contributed by atoms with Gasteiger partial charge in [-0.15, -0.1) is 0 Å². The van der Waals surface area contributed by atoms with Crippen LogP contribution in [0.15, 0.2) is 42.5 Å². The monoisotopic (exact) mass is 328 g/mol. The Hall–Kier alpha value is -2.40. The van der Waals surface area contributed by atoms with E-state index >= 15 is 0 Å². The number of carbonyl (C=O) groups is 2. The van der Waals surface area contributed by atoms with Crippen molar-refractivity contribution in [2.75, 3.05) is 25.5 Å². The third kappa shape index (κ3) is 4.55. The molecule has 0 aromatic heterocycles. The van der Waals surface area contributed by atoms with E-state index in [1.54, 1.807) is 0 Å². The Balaban J connectivity index is 2.01. The van der Waals surface area contributed by atoms with Crippen molar-refractivity contribution in [1.82, 2.24) is 5.32 Å². The summed E-state index contributed by atoms with van der Waals surface area (Å²) in [5.41, 5.74) is 0.799. The highest BCUT2D eigenvalue weighted by Crippen LogP contribution is 2.22. The molecule has 0 fully saturated rings. The van der Waals surface area contributed by atoms with Crippen molar-refractivity contribution < 1.29 is 14.5 Å². The molecule has 0 aliphatic carbocycles. The average Bonchev–Trinajstić information content (AvgIpc) is 2.59. The van der Waals surface area contributed by atoms with E-state index in [1.165, 1.54) is 0 Å². The van der Waals surface area contributed by atoms with Crippen molar-refractivity contribution >= 4 is 28.3 Å². The van der Waals surface area contributed by atoms with Crippen LogP contribution < -0.4 is 15.5 Å². The topological polar surface area (TPSA) is 62.6 Å². The Kier molecular flexibility index (Phi) is 6.32. The van der Waals surface area contributed by atoms with Crippen LogP contribution in [0.25, 0.3) is 10.8 Å². The number of carbonyl (C=O) groups excluding carboxylic acids is 2. The smallest absolute Gasteiger partial charge is 0.282 e. The maximum atomic E-state index is 12.5. The molecule has 2 aromatic rings. The SMILES string of the molecule is CCCNC(=O)C[NH+](C)[C@H](C)C(=O)Nc1cccc2ccccc12. The van der Waals surface area contributed by atoms with Gasteiger partial charge in [0.1, 0.15) is 0 Å². The van der Waals surface area contributed by atoms with Crippen LogP contribution in [0.2, 0.25) is 0 Å². The number of fused-ring (bicyclic) bond motifs is 1. The second kappa shape index (κ2) is 8.45. The quantitative estimate of drug-likeness (QED) is 0.715. The summed E-state index contributed by atoms with van der Waals surface area (Å²) in [5.74, 6) is -0.119. The van der Waals surface area contributed by atoms with E-state index in [-0.39, 0.29) is 24.4 Å². The van der Waals surface area contributed by atoms with Crippen LogP contribution in [0.4, 0.5) is 5.69 Å². The van der Waals surface area contributed by atoms with E-state index in [2.05, 4.69) is 10.6 Å². The Morgan fingerprint density at radius 3 is 2.58 bits per heavy atom. The van der Waals surface area contributed by atoms with Gasteiger partial charge in [0, 0.05) is 17.6 Å². The largest absolute Gasteiger partial charge is 0.351 e. The Morgan fingerprint density at radius 2 is 1.83 bits per heavy atom. The fourth-order valence-corrected chi connectivity index (χ4v) is 2.53. The minimum Gasteiger partial charge on any atom is -0.351 e. The number of quaternary nitrogens is 1. The van der Waals surface area contributed by atoms with Crippen LogP contribution in [-0.4, -0.2) is 38.0 Å². The van der Waals surface area contributed by atoms with Crippen LogP contribution in [0.5, 0.6) is 0 Å². The number of rotatable bonds is 7. The van der Waals surface area contributed by atoms with E-state index in [9.17, 15) is 9.59 Å². The van der Waals surface area contributed by atoms with Gasteiger partial charge in [0.15, 0.2) is 12.6 Å². The van der Waals surface area contributed by atoms with Gasteiger partial charge in [-0.3, -0.25) is 9.59 Å². The lowest BCUT2D eigenvalue weighted by Crippen LogP contribution is -3.15. The molecule has 5 nitrogen and oxygen atoms in total. The fourth-order valence-electron chi connectivity index (χ4n) is 2.53. The first-order chi connectivity index (χ1) is 11.5. The van der Waals surface area contributed by atoms with Crippen LogP contribution in [-0.2, 0) is 9.59 Å². The highest BCUT2D eigenvalue weighted by atomic mass is 16.2. The van der Waals surface area contributed by atoms with Crippen molar-refractivity contribution in [3.8, 4) is 0 Å². The molecule has 0 bridgehead atoms. The van der Waals surface area contributed by atoms with Gasteiger partial charge in [-0.25, -0.2) is 0 Å². The highest BCUT2D eigenvalue weighted by Gasteiger charge is 2.24. The molecular weight excluding hydrogens is 302 g/mol. The van der Waals surface area contributed by atoms with Crippen molar-refractivity contribution in [3.05, 3.63) is 42.5 Å². The second-order valence-electron chi connectivity index (χ2n) is 6.11. The zero-order valence-corrected chi connectivity index (χ0v) is 14.6. The number of anilines is 1. The lowest BCUT2D eigenvalue weighted by molar-refractivity contribution is -0.885. The Bertz CT molecular complexity index is 709. The molecule has 24 heavy (non-hydrogen) atoms. The van der Waals surface area contributed by atoms with Gasteiger partial charge in [-0.1, -0.05) is 43.3 Å². The summed E-state index contributed by atoms with van der Waals surface area (Å²) in [4.78, 5) is 25.2. The highest BCUT2D eigenvalue weighted by molar-refractivity contribution is 6.03. The molecular formula is C19H26N3O2+. The second-order valence-corrected chi connectivity index (χ2v) is 6.11. The molecule has 0 radical (unpaired) electrons. The summed E-state index contributed by atoms with van der Waals surface area (Å²) in [7, 11) is 1.86. The minimum absolute atomic E-state index is 0.0286. The first-order valence-corrected chi connectivity index (χ1v) is 8.40. The van der Waals surface area contributed by atoms with Crippen LogP contribution >= 0.6 is 0 Å². The van der Waals surface area contributed by atoms with Gasteiger partial charge in [0.25, 0.3) is 11.8 Å². The summed E-state index contributed by atoms with van der Waals surface area (Å²) < 4.78 is 0. The van der Waals surface area contributed by atoms with Crippen molar-refractivity contribution in [2.45, 2.75) is 26.3 Å². The molecule has 2 rings (SSSR count). The normalized spacial score (nSPS) is 13.3. The van der Waals surface area contributed by atoms with E-state index in [1.807, 2.05) is 63.4 Å². The molecule has 1 unspecified atom stereocenters. The average molecular weight is 328 g/mol. The third-order valence-corrected chi connectivity index (χ3v) is 4.19. The number of likely N-dealkylation sites (N-methyl/N-ethyl adjacent to an activating group) is 1. The lowest BCUT2D eigenvalue weighted by Gasteiger charge is -2.21. The standard InChI is InChI=1S/C19H25N3O2/c1-4-12-20-18(23)13-22(3)14(2)19(24)21-17-11-7-9-15-8-5-6-10-16(15)17/h5-11,14H,4,12-13H2,1-3H3,(H,20,23)(H,21,24)/p+1/t14-/m1/s1. The molecule has 0 saturated carbocycles. The van der Waals surface area contributed by atoms with Gasteiger partial charge in [-0.2, -0.15) is 0 Å². The maximum absolute atomic E-state index is 12.5. The molecule has 128 valence electrons. The minimum atomic E-state index is -0.323. The van der Waals surface area contributed by atoms with Gasteiger partial charge < -0.3 is 15.5 Å². The fraction of sp³-hybridized carbons (Fsp3) is 0.368. The summed E-state index contributed by atoms with van der Waals surface area (Å²) in [6.45, 7) is 4.80. The first-order valence-electron chi connectivity index (χ1n) is 8.40.